The predicted octanol–water partition coefficient (Wildman–Crippen LogP) is 11.2. The molecule has 0 bridgehead atoms. The third kappa shape index (κ3) is 3.60. The molecule has 3 aromatic heterocycles. The molecule has 10 rings (SSSR count). The molecule has 0 unspecified atom stereocenters. The van der Waals surface area contributed by atoms with E-state index < -0.39 is 0 Å². The fraction of sp³-hybridized carbons (Fsp3) is 0.0682. The van der Waals surface area contributed by atoms with Crippen LogP contribution in [-0.2, 0) is 5.41 Å². The van der Waals surface area contributed by atoms with E-state index in [1.807, 2.05) is 12.3 Å². The Morgan fingerprint density at radius 1 is 0.489 bits per heavy atom. The van der Waals surface area contributed by atoms with E-state index >= 15 is 0 Å². The summed E-state index contributed by atoms with van der Waals surface area (Å²) >= 11 is 0. The van der Waals surface area contributed by atoms with Crippen LogP contribution >= 0.6 is 0 Å². The van der Waals surface area contributed by atoms with Crippen LogP contribution < -0.4 is 0 Å². The Hall–Kier alpha value is -5.93. The molecule has 3 nitrogen and oxygen atoms in total. The number of fused-ring (bicyclic) bond motifs is 10. The highest BCUT2D eigenvalue weighted by Crippen LogP contribution is 2.54. The monoisotopic (exact) mass is 601 g/mol. The van der Waals surface area contributed by atoms with E-state index in [0.717, 1.165) is 16.9 Å². The van der Waals surface area contributed by atoms with E-state index in [-0.39, 0.29) is 5.41 Å². The van der Waals surface area contributed by atoms with Crippen LogP contribution in [0.25, 0.3) is 77.4 Å². The van der Waals surface area contributed by atoms with Gasteiger partial charge in [-0.2, -0.15) is 0 Å². The van der Waals surface area contributed by atoms with Gasteiger partial charge < -0.3 is 9.13 Å². The molecular weight excluding hydrogens is 571 g/mol. The zero-order chi connectivity index (χ0) is 31.3. The number of pyridine rings is 1. The summed E-state index contributed by atoms with van der Waals surface area (Å²) in [5.74, 6) is 0. The van der Waals surface area contributed by atoms with Crippen molar-refractivity contribution in [2.45, 2.75) is 19.3 Å². The van der Waals surface area contributed by atoms with Crippen molar-refractivity contribution in [1.82, 2.24) is 14.1 Å². The number of para-hydroxylation sites is 3. The molecule has 0 fully saturated rings. The van der Waals surface area contributed by atoms with Gasteiger partial charge in [-0.3, -0.25) is 4.98 Å². The minimum Gasteiger partial charge on any atom is -0.309 e. The second kappa shape index (κ2) is 9.54. The van der Waals surface area contributed by atoms with Crippen LogP contribution in [0.15, 0.2) is 152 Å². The number of benzene rings is 6. The SMILES string of the molecule is CC1(C)c2ccc(-n3c4ccccc4c4ccccc43)cc2-c2ccc3c(c21)c1ccc(-c2ccccn2)cc1n3-c1ccccc1. The first-order valence-corrected chi connectivity index (χ1v) is 16.3. The summed E-state index contributed by atoms with van der Waals surface area (Å²) in [5.41, 5.74) is 14.6. The lowest BCUT2D eigenvalue weighted by molar-refractivity contribution is 0.666. The second-order valence-electron chi connectivity index (χ2n) is 13.2. The average molecular weight is 602 g/mol. The van der Waals surface area contributed by atoms with Crippen molar-refractivity contribution in [3.8, 4) is 33.8 Å². The van der Waals surface area contributed by atoms with Crippen LogP contribution in [0.3, 0.4) is 0 Å². The molecule has 9 aromatic rings. The van der Waals surface area contributed by atoms with Crippen LogP contribution in [-0.4, -0.2) is 14.1 Å². The maximum atomic E-state index is 4.68. The summed E-state index contributed by atoms with van der Waals surface area (Å²) in [6.45, 7) is 4.79. The minimum absolute atomic E-state index is 0.182. The molecule has 0 saturated carbocycles. The fourth-order valence-corrected chi connectivity index (χ4v) is 8.30. The summed E-state index contributed by atoms with van der Waals surface area (Å²) in [6.07, 6.45) is 1.87. The van der Waals surface area contributed by atoms with Crippen LogP contribution in [0.5, 0.6) is 0 Å². The summed E-state index contributed by atoms with van der Waals surface area (Å²) in [4.78, 5) is 4.68. The number of hydrogen-bond donors (Lipinski definition) is 0. The van der Waals surface area contributed by atoms with Crippen molar-refractivity contribution in [3.63, 3.8) is 0 Å². The maximum absolute atomic E-state index is 4.68. The first-order chi connectivity index (χ1) is 23.1. The van der Waals surface area contributed by atoms with Crippen molar-refractivity contribution in [2.75, 3.05) is 0 Å². The van der Waals surface area contributed by atoms with Crippen LogP contribution in [0, 0.1) is 0 Å². The zero-order valence-corrected chi connectivity index (χ0v) is 26.3. The van der Waals surface area contributed by atoms with Gasteiger partial charge in [0.2, 0.25) is 0 Å². The third-order valence-corrected chi connectivity index (χ3v) is 10.3. The molecule has 0 aliphatic heterocycles. The number of aromatic nitrogens is 3. The smallest absolute Gasteiger partial charge is 0.0702 e. The quantitative estimate of drug-likeness (QED) is 0.198. The van der Waals surface area contributed by atoms with Gasteiger partial charge >= 0.3 is 0 Å². The summed E-state index contributed by atoms with van der Waals surface area (Å²) in [5, 5.41) is 5.16. The number of rotatable bonds is 3. The lowest BCUT2D eigenvalue weighted by atomic mass is 9.80. The van der Waals surface area contributed by atoms with Crippen molar-refractivity contribution in [3.05, 3.63) is 163 Å². The lowest BCUT2D eigenvalue weighted by Gasteiger charge is -2.23. The van der Waals surface area contributed by atoms with Gasteiger partial charge in [0.05, 0.1) is 27.8 Å². The minimum atomic E-state index is -0.182. The molecule has 0 atom stereocenters. The summed E-state index contributed by atoms with van der Waals surface area (Å²) in [6, 6.07) is 53.0. The van der Waals surface area contributed by atoms with Crippen LogP contribution in [0.1, 0.15) is 25.0 Å². The third-order valence-electron chi connectivity index (χ3n) is 10.3. The van der Waals surface area contributed by atoms with Gasteiger partial charge in [0.1, 0.15) is 0 Å². The highest BCUT2D eigenvalue weighted by atomic mass is 15.0. The van der Waals surface area contributed by atoms with Gasteiger partial charge in [-0.25, -0.2) is 0 Å². The van der Waals surface area contributed by atoms with Gasteiger partial charge in [0.25, 0.3) is 0 Å². The molecule has 0 spiro atoms. The molecule has 1 aliphatic rings. The summed E-state index contributed by atoms with van der Waals surface area (Å²) < 4.78 is 4.86. The Bertz CT molecular complexity index is 2640. The highest BCUT2D eigenvalue weighted by molar-refractivity contribution is 6.15. The molecule has 0 N–H and O–H groups in total. The van der Waals surface area contributed by atoms with Crippen molar-refractivity contribution < 1.29 is 0 Å². The Balaban J connectivity index is 1.26. The van der Waals surface area contributed by atoms with E-state index in [2.05, 4.69) is 167 Å². The van der Waals surface area contributed by atoms with E-state index in [0.29, 0.717) is 0 Å². The molecule has 0 radical (unpaired) electrons. The predicted molar refractivity (Wildman–Crippen MR) is 196 cm³/mol. The normalized spacial score (nSPS) is 13.5. The molecule has 6 aromatic carbocycles. The molecule has 222 valence electrons. The maximum Gasteiger partial charge on any atom is 0.0702 e. The topological polar surface area (TPSA) is 22.8 Å². The second-order valence-corrected chi connectivity index (χ2v) is 13.2. The Morgan fingerprint density at radius 3 is 1.94 bits per heavy atom. The van der Waals surface area contributed by atoms with Gasteiger partial charge in [-0.15, -0.1) is 0 Å². The van der Waals surface area contributed by atoms with E-state index in [9.17, 15) is 0 Å². The first kappa shape index (κ1) is 26.3. The molecular formula is C44H31N3. The van der Waals surface area contributed by atoms with Gasteiger partial charge in [0.15, 0.2) is 0 Å². The van der Waals surface area contributed by atoms with E-state index in [1.54, 1.807) is 0 Å². The molecule has 0 amide bonds. The Morgan fingerprint density at radius 2 is 1.19 bits per heavy atom. The number of nitrogens with zero attached hydrogens (tertiary/aromatic N) is 3. The zero-order valence-electron chi connectivity index (χ0n) is 26.3. The lowest BCUT2D eigenvalue weighted by Crippen LogP contribution is -2.15. The van der Waals surface area contributed by atoms with Crippen LogP contribution in [0.4, 0.5) is 0 Å². The van der Waals surface area contributed by atoms with Gasteiger partial charge in [-0.05, 0) is 82.9 Å². The Labute approximate surface area is 273 Å². The molecule has 3 heteroatoms. The number of hydrogen-bond acceptors (Lipinski definition) is 1. The van der Waals surface area contributed by atoms with Crippen molar-refractivity contribution in [2.24, 2.45) is 0 Å². The highest BCUT2D eigenvalue weighted by Gasteiger charge is 2.38. The standard InChI is InChI=1S/C44H31N3/c1-44(2)36-23-20-30(47-38-17-8-6-14-31(38)32-15-7-9-18-39(32)47)27-35(36)33-22-24-40-42(43(33)44)34-21-19-28(37-16-10-11-25-45-37)26-41(34)46(40)29-12-4-3-5-13-29/h3-27H,1-2H3. The van der Waals surface area contributed by atoms with Crippen LogP contribution in [0.2, 0.25) is 0 Å². The van der Waals surface area contributed by atoms with Gasteiger partial charge in [-0.1, -0.05) is 98.8 Å². The van der Waals surface area contributed by atoms with E-state index in [4.69, 9.17) is 0 Å². The molecule has 1 aliphatic carbocycles. The van der Waals surface area contributed by atoms with Crippen molar-refractivity contribution >= 4 is 43.6 Å². The summed E-state index contributed by atoms with van der Waals surface area (Å²) in [7, 11) is 0. The first-order valence-electron chi connectivity index (χ1n) is 16.3. The molecule has 0 saturated heterocycles. The molecule has 47 heavy (non-hydrogen) atoms. The Kier molecular flexibility index (Phi) is 5.34. The van der Waals surface area contributed by atoms with Crippen molar-refractivity contribution in [1.29, 1.82) is 0 Å². The molecule has 3 heterocycles. The van der Waals surface area contributed by atoms with Gasteiger partial charge in [0, 0.05) is 50.1 Å². The fourth-order valence-electron chi connectivity index (χ4n) is 8.30. The average Bonchev–Trinajstić information content (AvgIpc) is 3.71. The van der Waals surface area contributed by atoms with E-state index in [1.165, 1.54) is 71.6 Å². The largest absolute Gasteiger partial charge is 0.309 e.